The second-order valence-electron chi connectivity index (χ2n) is 7.90. The lowest BCUT2D eigenvalue weighted by atomic mass is 9.94. The number of nitrogens with one attached hydrogen (secondary N) is 2. The molecule has 2 aromatic carbocycles. The number of nitrogens with zero attached hydrogens (tertiary/aromatic N) is 1. The summed E-state index contributed by atoms with van der Waals surface area (Å²) in [7, 11) is -4.07. The van der Waals surface area contributed by atoms with Gasteiger partial charge in [0.25, 0.3) is 5.91 Å². The van der Waals surface area contributed by atoms with E-state index in [-0.39, 0.29) is 42.1 Å². The van der Waals surface area contributed by atoms with Crippen molar-refractivity contribution in [3.05, 3.63) is 59.5 Å². The van der Waals surface area contributed by atoms with Crippen LogP contribution in [0.25, 0.3) is 10.9 Å². The molecule has 0 radical (unpaired) electrons. The number of halogens is 3. The Labute approximate surface area is 186 Å². The summed E-state index contributed by atoms with van der Waals surface area (Å²) < 4.78 is 67.8. The third-order valence-corrected chi connectivity index (χ3v) is 7.59. The summed E-state index contributed by atoms with van der Waals surface area (Å²) in [5.74, 6) is -5.50. The van der Waals surface area contributed by atoms with Gasteiger partial charge in [-0.25, -0.2) is 21.6 Å². The Balaban J connectivity index is 1.68. The molecule has 12 heteroatoms. The summed E-state index contributed by atoms with van der Waals surface area (Å²) in [6.07, 6.45) is 1.59. The molecule has 0 unspecified atom stereocenters. The third kappa shape index (κ3) is 4.34. The van der Waals surface area contributed by atoms with Crippen molar-refractivity contribution in [2.24, 2.45) is 0 Å². The van der Waals surface area contributed by atoms with Crippen LogP contribution in [-0.4, -0.2) is 59.1 Å². The van der Waals surface area contributed by atoms with Crippen LogP contribution < -0.4 is 5.32 Å². The fraction of sp³-hybridized carbons (Fsp3) is 0.286. The van der Waals surface area contributed by atoms with Crippen molar-refractivity contribution >= 4 is 32.5 Å². The van der Waals surface area contributed by atoms with Crippen LogP contribution in [0.3, 0.4) is 0 Å². The normalized spacial score (nSPS) is 16.8. The minimum Gasteiger partial charge on any atom is -0.393 e. The molecule has 0 saturated carbocycles. The predicted molar refractivity (Wildman–Crippen MR) is 113 cm³/mol. The maximum absolute atomic E-state index is 13.5. The van der Waals surface area contributed by atoms with Crippen molar-refractivity contribution in [2.45, 2.75) is 23.3 Å². The van der Waals surface area contributed by atoms with Crippen molar-refractivity contribution < 1.29 is 36.6 Å². The number of sulfonamides is 1. The summed E-state index contributed by atoms with van der Waals surface area (Å²) in [6, 6.07) is 5.26. The number of piperidine rings is 1. The van der Waals surface area contributed by atoms with Gasteiger partial charge in [0.2, 0.25) is 10.0 Å². The molecule has 1 fully saturated rings. The zero-order chi connectivity index (χ0) is 24.0. The minimum absolute atomic E-state index is 0.0299. The van der Waals surface area contributed by atoms with E-state index < -0.39 is 45.6 Å². The highest BCUT2D eigenvalue weighted by molar-refractivity contribution is 7.89. The van der Waals surface area contributed by atoms with Gasteiger partial charge in [0.1, 0.15) is 0 Å². The van der Waals surface area contributed by atoms with Gasteiger partial charge in [-0.2, -0.15) is 4.31 Å². The lowest BCUT2D eigenvalue weighted by Crippen LogP contribution is -2.48. The number of hydrogen-bond donors (Lipinski definition) is 4. The first-order valence-electron chi connectivity index (χ1n) is 9.94. The van der Waals surface area contributed by atoms with Gasteiger partial charge in [0, 0.05) is 48.0 Å². The highest BCUT2D eigenvalue weighted by atomic mass is 32.2. The molecule has 0 bridgehead atoms. The van der Waals surface area contributed by atoms with Crippen LogP contribution in [0.15, 0.2) is 41.4 Å². The highest BCUT2D eigenvalue weighted by Gasteiger charge is 2.37. The molecule has 1 aromatic heterocycles. The van der Waals surface area contributed by atoms with E-state index in [0.717, 1.165) is 10.4 Å². The number of rotatable bonds is 5. The Morgan fingerprint density at radius 3 is 2.36 bits per heavy atom. The molecular formula is C21H20F3N3O5S. The number of carbonyl (C=O) groups excluding carboxylic acids is 1. The number of fused-ring (bicyclic) bond motifs is 1. The summed E-state index contributed by atoms with van der Waals surface area (Å²) in [6.45, 7) is -0.542. The predicted octanol–water partition coefficient (Wildman–Crippen LogP) is 2.35. The first-order valence-corrected chi connectivity index (χ1v) is 11.4. The Hall–Kier alpha value is -2.93. The van der Waals surface area contributed by atoms with Gasteiger partial charge < -0.3 is 20.5 Å². The maximum Gasteiger partial charge on any atom is 0.256 e. The molecule has 8 nitrogen and oxygen atoms in total. The van der Waals surface area contributed by atoms with E-state index in [2.05, 4.69) is 10.3 Å². The van der Waals surface area contributed by atoms with Crippen molar-refractivity contribution in [2.75, 3.05) is 25.0 Å². The van der Waals surface area contributed by atoms with Crippen LogP contribution >= 0.6 is 0 Å². The summed E-state index contributed by atoms with van der Waals surface area (Å²) >= 11 is 0. The summed E-state index contributed by atoms with van der Waals surface area (Å²) in [5.41, 5.74) is -1.43. The molecule has 1 amide bonds. The van der Waals surface area contributed by atoms with Gasteiger partial charge >= 0.3 is 0 Å². The summed E-state index contributed by atoms with van der Waals surface area (Å²) in [5, 5.41) is 22.1. The molecule has 2 heterocycles. The molecule has 0 atom stereocenters. The van der Waals surface area contributed by atoms with Gasteiger partial charge in [0.05, 0.1) is 22.7 Å². The van der Waals surface area contributed by atoms with Crippen molar-refractivity contribution in [1.29, 1.82) is 0 Å². The van der Waals surface area contributed by atoms with Crippen molar-refractivity contribution in [1.82, 2.24) is 9.29 Å². The van der Waals surface area contributed by atoms with E-state index in [9.17, 15) is 36.6 Å². The number of carbonyl (C=O) groups is 1. The molecule has 3 aromatic rings. The Kier molecular flexibility index (Phi) is 5.95. The molecule has 4 rings (SSSR count). The number of amides is 1. The number of aliphatic hydroxyl groups excluding tert-OH is 1. The number of aliphatic hydroxyl groups is 2. The number of H-pyrrole nitrogens is 1. The zero-order valence-corrected chi connectivity index (χ0v) is 17.9. The molecule has 1 aliphatic heterocycles. The molecule has 0 spiro atoms. The molecule has 1 saturated heterocycles. The van der Waals surface area contributed by atoms with Crippen LogP contribution in [0, 0.1) is 17.5 Å². The van der Waals surface area contributed by atoms with Crippen molar-refractivity contribution in [3.8, 4) is 0 Å². The van der Waals surface area contributed by atoms with E-state index in [1.54, 1.807) is 0 Å². The number of anilines is 1. The number of benzene rings is 2. The van der Waals surface area contributed by atoms with Crippen LogP contribution in [0.1, 0.15) is 23.2 Å². The Morgan fingerprint density at radius 1 is 1.12 bits per heavy atom. The standard InChI is InChI=1S/C21H20F3N3O5S/c22-16-7-12(8-17(23)19(16)24)26-20(29)15-9-13(10-18-14(15)1-4-25-18)33(31,32)27-5-2-21(30,11-28)3-6-27/h1,4,7-10,25,28,30H,2-3,5-6,11H2,(H,26,29). The number of aromatic nitrogens is 1. The lowest BCUT2D eigenvalue weighted by molar-refractivity contribution is -0.0480. The van der Waals surface area contributed by atoms with E-state index in [1.807, 2.05) is 0 Å². The molecule has 1 aliphatic rings. The van der Waals surface area contributed by atoms with Crippen LogP contribution in [0.2, 0.25) is 0 Å². The van der Waals surface area contributed by atoms with Gasteiger partial charge in [-0.05, 0) is 31.0 Å². The van der Waals surface area contributed by atoms with E-state index in [1.165, 1.54) is 18.3 Å². The van der Waals surface area contributed by atoms with Gasteiger partial charge in [-0.3, -0.25) is 4.79 Å². The highest BCUT2D eigenvalue weighted by Crippen LogP contribution is 2.30. The van der Waals surface area contributed by atoms with Gasteiger partial charge in [-0.1, -0.05) is 0 Å². The third-order valence-electron chi connectivity index (χ3n) is 5.71. The average molecular weight is 483 g/mol. The molecular weight excluding hydrogens is 463 g/mol. The molecule has 33 heavy (non-hydrogen) atoms. The monoisotopic (exact) mass is 483 g/mol. The summed E-state index contributed by atoms with van der Waals surface area (Å²) in [4.78, 5) is 15.5. The van der Waals surface area contributed by atoms with Gasteiger partial charge in [0.15, 0.2) is 17.5 Å². The van der Waals surface area contributed by atoms with Crippen molar-refractivity contribution in [3.63, 3.8) is 0 Å². The molecule has 0 aliphatic carbocycles. The SMILES string of the molecule is O=C(Nc1cc(F)c(F)c(F)c1)c1cc(S(=O)(=O)N2CCC(O)(CO)CC2)cc2[nH]ccc12. The number of aromatic amines is 1. The lowest BCUT2D eigenvalue weighted by Gasteiger charge is -2.36. The van der Waals surface area contributed by atoms with Crippen LogP contribution in [-0.2, 0) is 10.0 Å². The van der Waals surface area contributed by atoms with E-state index in [0.29, 0.717) is 23.0 Å². The fourth-order valence-electron chi connectivity index (χ4n) is 3.75. The van der Waals surface area contributed by atoms with E-state index in [4.69, 9.17) is 0 Å². The largest absolute Gasteiger partial charge is 0.393 e. The van der Waals surface area contributed by atoms with Crippen LogP contribution in [0.5, 0.6) is 0 Å². The smallest absolute Gasteiger partial charge is 0.256 e. The van der Waals surface area contributed by atoms with E-state index >= 15 is 0 Å². The second-order valence-corrected chi connectivity index (χ2v) is 9.84. The maximum atomic E-state index is 13.5. The first-order chi connectivity index (χ1) is 15.5. The second kappa shape index (κ2) is 8.45. The quantitative estimate of drug-likeness (QED) is 0.415. The first kappa shape index (κ1) is 23.2. The number of hydrogen-bond acceptors (Lipinski definition) is 5. The Bertz CT molecular complexity index is 1310. The topological polar surface area (TPSA) is 123 Å². The minimum atomic E-state index is -4.07. The zero-order valence-electron chi connectivity index (χ0n) is 17.1. The molecule has 176 valence electrons. The van der Waals surface area contributed by atoms with Crippen LogP contribution in [0.4, 0.5) is 18.9 Å². The average Bonchev–Trinajstić information content (AvgIpc) is 3.26. The van der Waals surface area contributed by atoms with Gasteiger partial charge in [-0.15, -0.1) is 0 Å². The molecule has 4 N–H and O–H groups in total. The fourth-order valence-corrected chi connectivity index (χ4v) is 5.25. The Morgan fingerprint density at radius 2 is 1.76 bits per heavy atom.